The Hall–Kier alpha value is -13.3. The minimum atomic E-state index is -2.74. The summed E-state index contributed by atoms with van der Waals surface area (Å²) in [6, 6.07) is 14.9. The van der Waals surface area contributed by atoms with Gasteiger partial charge >= 0.3 is 125 Å². The molecular formula is C75H115ClN6O52S3. The van der Waals surface area contributed by atoms with Crippen molar-refractivity contribution in [1.82, 2.24) is 25.8 Å². The zero-order valence-corrected chi connectivity index (χ0v) is 77.1. The molecule has 4 unspecified atom stereocenters. The van der Waals surface area contributed by atoms with Crippen molar-refractivity contribution < 1.29 is 257 Å². The van der Waals surface area contributed by atoms with E-state index in [2.05, 4.69) is 25.4 Å². The number of rotatable bonds is 44. The van der Waals surface area contributed by atoms with Gasteiger partial charge in [0.2, 0.25) is 5.91 Å². The predicted molar refractivity (Wildman–Crippen MR) is 469 cm³/mol. The maximum absolute atomic E-state index is 10.4. The van der Waals surface area contributed by atoms with Crippen LogP contribution in [0.4, 0.5) is 0 Å². The van der Waals surface area contributed by atoms with Crippen LogP contribution >= 0.6 is 47.3 Å². The molecule has 2 aromatic carbocycles. The molecule has 0 saturated carbocycles. The lowest BCUT2D eigenvalue weighted by molar-refractivity contribution is -0.170. The second-order valence-electron chi connectivity index (χ2n) is 25.6. The molecule has 2 aliphatic rings. The lowest BCUT2D eigenvalue weighted by Crippen LogP contribution is -2.42. The molecule has 1 amide bonds. The molecule has 4 atom stereocenters. The Labute approximate surface area is 795 Å². The Morgan fingerprint density at radius 2 is 0.891 bits per heavy atom. The van der Waals surface area contributed by atoms with Crippen LogP contribution in [0.25, 0.3) is 0 Å². The number of primary amides is 1. The fourth-order valence-electron chi connectivity index (χ4n) is 6.96. The molecule has 137 heavy (non-hydrogen) atoms. The van der Waals surface area contributed by atoms with Crippen LogP contribution in [0.5, 0.6) is 11.5 Å². The molecule has 0 spiro atoms. The van der Waals surface area contributed by atoms with Crippen LogP contribution in [0, 0.1) is 0 Å². The summed E-state index contributed by atoms with van der Waals surface area (Å²) in [5, 5.41) is 214. The summed E-state index contributed by atoms with van der Waals surface area (Å²) in [6.07, 6.45) is -1.08. The van der Waals surface area contributed by atoms with Crippen LogP contribution in [0.15, 0.2) is 54.6 Å². The molecule has 4 rings (SSSR count). The van der Waals surface area contributed by atoms with Crippen molar-refractivity contribution in [1.29, 1.82) is 0 Å². The number of aliphatic hydroxyl groups is 5. The number of para-hydroxylation sites is 1. The van der Waals surface area contributed by atoms with Crippen molar-refractivity contribution in [2.75, 3.05) is 117 Å². The van der Waals surface area contributed by atoms with Gasteiger partial charge in [-0.2, -0.15) is 0 Å². The number of thiocarbonyl (C=S) groups is 1. The number of nitrogens with two attached hydrogens (primary N) is 1. The normalized spacial score (nSPS) is 12.3. The zero-order valence-electron chi connectivity index (χ0n) is 73.9. The van der Waals surface area contributed by atoms with Crippen LogP contribution in [0.3, 0.4) is 0 Å². The number of benzene rings is 2. The summed E-state index contributed by atoms with van der Waals surface area (Å²) in [4.78, 5) is 232. The van der Waals surface area contributed by atoms with E-state index in [0.29, 0.717) is 26.7 Å². The number of carbonyl (C=O) groups is 23. The summed E-state index contributed by atoms with van der Waals surface area (Å²) in [7, 11) is 0. The number of aliphatic carboxylic acids is 20. The van der Waals surface area contributed by atoms with Gasteiger partial charge in [-0.1, -0.05) is 78.0 Å². The highest BCUT2D eigenvalue weighted by atomic mass is 35.5. The minimum absolute atomic E-state index is 0.0900. The maximum Gasteiger partial charge on any atom is 0.344 e. The van der Waals surface area contributed by atoms with E-state index in [1.54, 1.807) is 55.5 Å². The second kappa shape index (κ2) is 89.2. The topological polar surface area (TPSA) is 1000 Å². The fraction of sp³-hybridized carbons (Fsp3) is 0.520. The van der Waals surface area contributed by atoms with Gasteiger partial charge in [-0.25, -0.2) is 33.6 Å². The Balaban J connectivity index is -0.000000159. The van der Waals surface area contributed by atoms with E-state index in [-0.39, 0.29) is 89.3 Å². The number of carbonyl (C=O) groups excluding carboxylic acids is 3. The molecular weight excluding hydrogens is 1950 g/mol. The number of nitrogens with zero attached hydrogens (tertiary/aromatic N) is 2. The van der Waals surface area contributed by atoms with Gasteiger partial charge in [0.1, 0.15) is 52.7 Å². The predicted octanol–water partition coefficient (Wildman–Crippen LogP) is -3.38. The monoisotopic (exact) mass is 2060 g/mol. The molecule has 0 bridgehead atoms. The van der Waals surface area contributed by atoms with Crippen molar-refractivity contribution in [2.45, 2.75) is 135 Å². The SMILES string of the molecule is CC(=O)OCC(=O)O.CC(C)(O)C(=O)O.CC(O)C(=O)O.CC(Oc1cccc(Cl)c1)C(=O)O.CCOCC(=O)O.NC(=O)CN(CC(=O)O)CC(=O)O.O=C(O)C1CCCCN1.O=C(O)C1CCCN1.O=C(O)CC(=O)CC(=O)O.O=C(O)CC(O)(CC(=O)O)C(=O)O.O=C(O)CN(CCO)CCO.O=C(O)CNCC(=O)O.O=C(O)COc1ccccc1.O=C(O)CSC(=S)SCC(=O)O. The van der Waals surface area contributed by atoms with Gasteiger partial charge in [0.15, 0.2) is 36.3 Å². The number of carboxylic acids is 20. The summed E-state index contributed by atoms with van der Waals surface area (Å²) in [6.45, 7) is 7.38. The van der Waals surface area contributed by atoms with Gasteiger partial charge in [-0.05, 0) is 104 Å². The van der Waals surface area contributed by atoms with Crippen molar-refractivity contribution in [2.24, 2.45) is 5.73 Å². The third kappa shape index (κ3) is 121. The number of carboxylic acid groups (broad SMARTS) is 20. The zero-order chi connectivity index (χ0) is 109. The quantitative estimate of drug-likeness (QED) is 0.0175. The number of piperidine rings is 1. The highest BCUT2D eigenvalue weighted by Gasteiger charge is 2.41. The van der Waals surface area contributed by atoms with Gasteiger partial charge in [0, 0.05) is 31.6 Å². The number of hydrogen-bond acceptors (Lipinski definition) is 40. The van der Waals surface area contributed by atoms with Crippen molar-refractivity contribution in [3.63, 3.8) is 0 Å². The lowest BCUT2D eigenvalue weighted by atomic mass is 9.96. The molecule has 62 heteroatoms. The lowest BCUT2D eigenvalue weighted by Gasteiger charge is -2.18. The minimum Gasteiger partial charge on any atom is -0.482 e. The van der Waals surface area contributed by atoms with Crippen molar-refractivity contribution in [3.8, 4) is 11.5 Å². The Kier molecular flexibility index (Phi) is 93.8. The number of aliphatic hydroxyl groups excluding tert-OH is 3. The highest BCUT2D eigenvalue weighted by Crippen LogP contribution is 2.20. The Morgan fingerprint density at radius 3 is 1.15 bits per heavy atom. The number of hydrogen-bond donors (Lipinski definition) is 29. The summed E-state index contributed by atoms with van der Waals surface area (Å²) >= 11 is 12.3. The molecule has 2 aromatic rings. The van der Waals surface area contributed by atoms with Crippen LogP contribution in [-0.4, -0.2) is 430 Å². The number of esters is 1. The first-order valence-electron chi connectivity index (χ1n) is 37.8. The number of nitrogens with one attached hydrogen (secondary N) is 3. The van der Waals surface area contributed by atoms with E-state index in [0.717, 1.165) is 80.5 Å². The molecule has 2 heterocycles. The van der Waals surface area contributed by atoms with E-state index in [4.69, 9.17) is 167 Å². The molecule has 2 saturated heterocycles. The number of halogens is 1. The third-order valence-corrected chi connectivity index (χ3v) is 15.6. The number of Topliss-reactive ketones (excluding diaryl/α,β-unsaturated/α-hetero) is 1. The van der Waals surface area contributed by atoms with Crippen LogP contribution in [0.2, 0.25) is 5.02 Å². The highest BCUT2D eigenvalue weighted by molar-refractivity contribution is 8.47. The molecule has 2 aliphatic heterocycles. The van der Waals surface area contributed by atoms with E-state index in [9.17, 15) is 110 Å². The first-order chi connectivity index (χ1) is 63.0. The fourth-order valence-corrected chi connectivity index (χ4v) is 8.66. The Bertz CT molecular complexity index is 3890. The first-order valence-corrected chi connectivity index (χ1v) is 40.6. The summed E-state index contributed by atoms with van der Waals surface area (Å²) in [5.74, 6) is -24.2. The van der Waals surface area contributed by atoms with Gasteiger partial charge < -0.3 is 163 Å². The number of ether oxygens (including phenoxy) is 4. The van der Waals surface area contributed by atoms with Gasteiger partial charge in [0.05, 0.1) is 76.8 Å². The maximum atomic E-state index is 10.4. The molecule has 30 N–H and O–H groups in total. The largest absolute Gasteiger partial charge is 0.482 e. The average molecular weight is 2060 g/mol. The molecule has 2 fully saturated rings. The molecule has 0 aliphatic carbocycles. The Morgan fingerprint density at radius 1 is 0.504 bits per heavy atom. The molecule has 0 radical (unpaired) electrons. The standard InChI is InChI=1S/C9H9ClO3.C8H8O3.C6H10N2O5.C6H13NO4.C6H11NO2.C6H8O7.C5H9NO2.C5H6O5.C5H6O4S3.C4H7NO4.C4H6O4.2C4H8O3.C3H6O3/c1-6(9(11)12)13-8-4-2-3-7(10)5-8;9-8(10)6-11-7-4-2-1-3-5-7;7-4(9)1-8(2-5(10)11)3-6(12)13;8-3-1-7(2-4-9)5-6(10)11;8-6(9)5-3-1-2-4-7-5;7-3(8)1-6(13,5(11)12)2-4(9)10;7-5(8)4-2-1-3-6-4;6-3(1-4(7)8)2-5(9)10;6-3(7)1-11-5(10)12-2-4(8)9;6-3(7)1-5-2-4(8)9;1-3(5)8-2-4(6)7;1-4(2,7)3(5)6;1-2-7-3-4(5)6;1-2(4)3(5)6/h2-6H,1H3,(H,11,12);1-5H,6H2,(H,9,10);1-3H2,(H2,7,9)(H,10,11)(H,12,13);8-9H,1-5H2,(H,10,11);5,7H,1-4H2,(H,8,9);13H,1-2H2,(H,7,8)(H,9,10)(H,11,12);4,6H,1-3H2,(H,7,8);1-2H2,(H,7,8)(H,9,10);1-2H2,(H,6,7)(H,8,9);5H,1-2H2,(H,6,7)(H,8,9);2H2,1H3,(H,6,7);7H,1-2H3,(H,5,6);2-3H2,1H3,(H,5,6);2,4H,1H3,(H,5,6). The number of amides is 1. The van der Waals surface area contributed by atoms with E-state index in [1.807, 2.05) is 6.07 Å². The van der Waals surface area contributed by atoms with Crippen molar-refractivity contribution >= 4 is 188 Å². The summed E-state index contributed by atoms with van der Waals surface area (Å²) < 4.78 is 18.8. The van der Waals surface area contributed by atoms with E-state index in [1.165, 1.54) is 32.6 Å². The number of ketones is 1. The smallest absolute Gasteiger partial charge is 0.344 e. The molecule has 782 valence electrons. The van der Waals surface area contributed by atoms with Crippen LogP contribution in [-0.2, 0) is 120 Å². The van der Waals surface area contributed by atoms with Crippen LogP contribution in [0.1, 0.15) is 99.3 Å². The number of thioether (sulfide) groups is 2. The molecule has 58 nitrogen and oxygen atoms in total. The van der Waals surface area contributed by atoms with E-state index < -0.39 is 206 Å². The second-order valence-corrected chi connectivity index (χ2v) is 29.2. The average Bonchev–Trinajstić information content (AvgIpc) is 1.19. The van der Waals surface area contributed by atoms with Gasteiger partial charge in [0.25, 0.3) is 0 Å². The first kappa shape index (κ1) is 144. The summed E-state index contributed by atoms with van der Waals surface area (Å²) in [5.41, 5.74) is 0.457. The third-order valence-electron chi connectivity index (χ3n) is 12.7. The van der Waals surface area contributed by atoms with Gasteiger partial charge in [-0.15, -0.1) is 0 Å². The van der Waals surface area contributed by atoms with Crippen LogP contribution < -0.4 is 31.2 Å². The van der Waals surface area contributed by atoms with Crippen molar-refractivity contribution in [3.05, 3.63) is 59.6 Å². The van der Waals surface area contributed by atoms with E-state index >= 15 is 0 Å². The van der Waals surface area contributed by atoms with Gasteiger partial charge in [-0.3, -0.25) is 91.8 Å². The molecule has 0 aromatic heterocycles.